The molecule has 0 saturated carbocycles. The summed E-state index contributed by atoms with van der Waals surface area (Å²) < 4.78 is 33.2. The van der Waals surface area contributed by atoms with Crippen molar-refractivity contribution in [3.63, 3.8) is 0 Å². The Morgan fingerprint density at radius 1 is 1.13 bits per heavy atom. The van der Waals surface area contributed by atoms with Crippen LogP contribution in [0.1, 0.15) is 18.1 Å². The molecule has 0 aliphatic carbocycles. The lowest BCUT2D eigenvalue weighted by Crippen LogP contribution is -2.47. The molecule has 0 radical (unpaired) electrons. The van der Waals surface area contributed by atoms with E-state index in [1.807, 2.05) is 26.0 Å². The van der Waals surface area contributed by atoms with Crippen molar-refractivity contribution in [2.75, 3.05) is 39.4 Å². The van der Waals surface area contributed by atoms with Crippen LogP contribution in [0.2, 0.25) is 0 Å². The van der Waals surface area contributed by atoms with Crippen LogP contribution in [0.4, 0.5) is 0 Å². The number of hydrogen-bond acceptors (Lipinski definition) is 4. The molecule has 6 heteroatoms. The first-order valence-corrected chi connectivity index (χ1v) is 9.73. The predicted molar refractivity (Wildman–Crippen MR) is 90.0 cm³/mol. The minimum Gasteiger partial charge on any atom is -0.379 e. The Hall–Kier alpha value is -0.950. The fraction of sp³-hybridized carbons (Fsp3) is 0.647. The largest absolute Gasteiger partial charge is 0.379 e. The van der Waals surface area contributed by atoms with Crippen LogP contribution in [-0.2, 0) is 14.8 Å². The van der Waals surface area contributed by atoms with Crippen LogP contribution in [0.15, 0.2) is 23.1 Å². The molecule has 5 nitrogen and oxygen atoms in total. The second-order valence-corrected chi connectivity index (χ2v) is 8.69. The SMILES string of the molecule is Cc1ccc(C)c(S(=O)(=O)N2C[C@@H](C)[C@H](N3CCOCC3)C2)c1. The average molecular weight is 338 g/mol. The molecule has 2 saturated heterocycles. The summed E-state index contributed by atoms with van der Waals surface area (Å²) in [6.07, 6.45) is 0. The van der Waals surface area contributed by atoms with Crippen molar-refractivity contribution >= 4 is 10.0 Å². The molecule has 1 aromatic rings. The second kappa shape index (κ2) is 6.51. The molecule has 2 atom stereocenters. The highest BCUT2D eigenvalue weighted by atomic mass is 32.2. The van der Waals surface area contributed by atoms with Crippen LogP contribution in [0.3, 0.4) is 0 Å². The third-order valence-electron chi connectivity index (χ3n) is 5.02. The average Bonchev–Trinajstić information content (AvgIpc) is 2.93. The molecule has 2 aliphatic rings. The lowest BCUT2D eigenvalue weighted by atomic mass is 10.0. The number of rotatable bonds is 3. The van der Waals surface area contributed by atoms with Crippen LogP contribution in [0.25, 0.3) is 0 Å². The van der Waals surface area contributed by atoms with Crippen molar-refractivity contribution < 1.29 is 13.2 Å². The van der Waals surface area contributed by atoms with Gasteiger partial charge in [0.05, 0.1) is 18.1 Å². The molecular weight excluding hydrogens is 312 g/mol. The topological polar surface area (TPSA) is 49.9 Å². The quantitative estimate of drug-likeness (QED) is 0.841. The standard InChI is InChI=1S/C17H26N2O3S/c1-13-4-5-14(2)17(10-13)23(20,21)19-11-15(3)16(12-19)18-6-8-22-9-7-18/h4-5,10,15-16H,6-9,11-12H2,1-3H3/t15-,16-/m1/s1. The number of sulfonamides is 1. The first kappa shape index (κ1) is 16.9. The molecule has 0 bridgehead atoms. The summed E-state index contributed by atoms with van der Waals surface area (Å²) in [5.41, 5.74) is 1.80. The van der Waals surface area contributed by atoms with Crippen LogP contribution in [0.5, 0.6) is 0 Å². The van der Waals surface area contributed by atoms with Gasteiger partial charge in [-0.25, -0.2) is 8.42 Å². The van der Waals surface area contributed by atoms with Gasteiger partial charge in [-0.3, -0.25) is 4.90 Å². The van der Waals surface area contributed by atoms with Gasteiger partial charge in [0.2, 0.25) is 10.0 Å². The Labute approximate surface area is 139 Å². The third-order valence-corrected chi connectivity index (χ3v) is 6.99. The highest BCUT2D eigenvalue weighted by molar-refractivity contribution is 7.89. The molecule has 0 amide bonds. The number of ether oxygens (including phenoxy) is 1. The van der Waals surface area contributed by atoms with E-state index in [1.165, 1.54) is 0 Å². The zero-order valence-electron chi connectivity index (χ0n) is 14.2. The maximum atomic E-state index is 13.1. The van der Waals surface area contributed by atoms with Gasteiger partial charge in [0.15, 0.2) is 0 Å². The normalized spacial score (nSPS) is 27.4. The lowest BCUT2D eigenvalue weighted by Gasteiger charge is -2.34. The summed E-state index contributed by atoms with van der Waals surface area (Å²) in [6, 6.07) is 5.93. The van der Waals surface area contributed by atoms with E-state index in [-0.39, 0.29) is 0 Å². The number of benzene rings is 1. The van der Waals surface area contributed by atoms with Crippen LogP contribution < -0.4 is 0 Å². The molecular formula is C17H26N2O3S. The van der Waals surface area contributed by atoms with E-state index in [9.17, 15) is 8.42 Å². The van der Waals surface area contributed by atoms with E-state index >= 15 is 0 Å². The molecule has 0 spiro atoms. The molecule has 1 aromatic carbocycles. The monoisotopic (exact) mass is 338 g/mol. The van der Waals surface area contributed by atoms with Gasteiger partial charge in [0, 0.05) is 32.2 Å². The summed E-state index contributed by atoms with van der Waals surface area (Å²) in [7, 11) is -3.42. The Kier molecular flexibility index (Phi) is 4.78. The van der Waals surface area contributed by atoms with Crippen LogP contribution >= 0.6 is 0 Å². The molecule has 0 unspecified atom stereocenters. The van der Waals surface area contributed by atoms with E-state index in [0.29, 0.717) is 29.9 Å². The molecule has 23 heavy (non-hydrogen) atoms. The summed E-state index contributed by atoms with van der Waals surface area (Å²) in [5, 5.41) is 0. The van der Waals surface area contributed by atoms with Gasteiger partial charge in [-0.15, -0.1) is 0 Å². The lowest BCUT2D eigenvalue weighted by molar-refractivity contribution is 0.0126. The predicted octanol–water partition coefficient (Wildman–Crippen LogP) is 1.64. The van der Waals surface area contributed by atoms with Crippen molar-refractivity contribution in [1.82, 2.24) is 9.21 Å². The van der Waals surface area contributed by atoms with Crippen molar-refractivity contribution in [2.24, 2.45) is 5.92 Å². The van der Waals surface area contributed by atoms with Crippen molar-refractivity contribution in [3.8, 4) is 0 Å². The van der Waals surface area contributed by atoms with Gasteiger partial charge in [0.25, 0.3) is 0 Å². The maximum absolute atomic E-state index is 13.1. The fourth-order valence-electron chi connectivity index (χ4n) is 3.61. The van der Waals surface area contributed by atoms with E-state index in [4.69, 9.17) is 4.74 Å². The van der Waals surface area contributed by atoms with Crippen LogP contribution in [-0.4, -0.2) is 63.1 Å². The zero-order chi connectivity index (χ0) is 16.6. The number of nitrogens with zero attached hydrogens (tertiary/aromatic N) is 2. The highest BCUT2D eigenvalue weighted by Gasteiger charge is 2.40. The Balaban J connectivity index is 1.82. The van der Waals surface area contributed by atoms with Crippen molar-refractivity contribution in [1.29, 1.82) is 0 Å². The molecule has 2 aliphatic heterocycles. The Morgan fingerprint density at radius 3 is 2.52 bits per heavy atom. The van der Waals surface area contributed by atoms with Gasteiger partial charge in [0.1, 0.15) is 0 Å². The zero-order valence-corrected chi connectivity index (χ0v) is 15.0. The smallest absolute Gasteiger partial charge is 0.243 e. The van der Waals surface area contributed by atoms with E-state index in [2.05, 4.69) is 11.8 Å². The first-order valence-electron chi connectivity index (χ1n) is 8.29. The second-order valence-electron chi connectivity index (χ2n) is 6.78. The van der Waals surface area contributed by atoms with Gasteiger partial charge < -0.3 is 4.74 Å². The molecule has 3 rings (SSSR count). The van der Waals surface area contributed by atoms with Gasteiger partial charge in [-0.2, -0.15) is 4.31 Å². The van der Waals surface area contributed by atoms with E-state index in [0.717, 1.165) is 37.4 Å². The van der Waals surface area contributed by atoms with Gasteiger partial charge in [-0.05, 0) is 37.0 Å². The highest BCUT2D eigenvalue weighted by Crippen LogP contribution is 2.29. The Morgan fingerprint density at radius 2 is 1.83 bits per heavy atom. The summed E-state index contributed by atoms with van der Waals surface area (Å²) >= 11 is 0. The first-order chi connectivity index (χ1) is 10.9. The molecule has 0 aromatic heterocycles. The minimum absolute atomic E-state index is 0.291. The maximum Gasteiger partial charge on any atom is 0.243 e. The third kappa shape index (κ3) is 3.31. The molecule has 0 N–H and O–H groups in total. The van der Waals surface area contributed by atoms with E-state index < -0.39 is 10.0 Å². The number of hydrogen-bond donors (Lipinski definition) is 0. The van der Waals surface area contributed by atoms with Gasteiger partial charge >= 0.3 is 0 Å². The number of morpholine rings is 1. The van der Waals surface area contributed by atoms with Crippen LogP contribution in [0, 0.1) is 19.8 Å². The summed E-state index contributed by atoms with van der Waals surface area (Å²) in [4.78, 5) is 2.83. The minimum atomic E-state index is -3.42. The molecule has 2 heterocycles. The summed E-state index contributed by atoms with van der Waals surface area (Å²) in [6.45, 7) is 10.4. The molecule has 2 fully saturated rings. The van der Waals surface area contributed by atoms with Crippen molar-refractivity contribution in [3.05, 3.63) is 29.3 Å². The molecule has 128 valence electrons. The van der Waals surface area contributed by atoms with Gasteiger partial charge in [-0.1, -0.05) is 19.1 Å². The van der Waals surface area contributed by atoms with E-state index in [1.54, 1.807) is 10.4 Å². The van der Waals surface area contributed by atoms with Crippen molar-refractivity contribution in [2.45, 2.75) is 31.7 Å². The Bertz CT molecular complexity index is 668. The summed E-state index contributed by atoms with van der Waals surface area (Å²) in [5.74, 6) is 0.341. The number of aryl methyl sites for hydroxylation is 2. The fourth-order valence-corrected chi connectivity index (χ4v) is 5.48.